The van der Waals surface area contributed by atoms with Crippen LogP contribution in [0.2, 0.25) is 0 Å². The molecule has 2 aromatic carbocycles. The van der Waals surface area contributed by atoms with E-state index < -0.39 is 11.8 Å². The quantitative estimate of drug-likeness (QED) is 0.802. The molecular weight excluding hydrogens is 343 g/mol. The molecule has 0 saturated heterocycles. The summed E-state index contributed by atoms with van der Waals surface area (Å²) in [5.74, 6) is -0.915. The first-order valence-electron chi connectivity index (χ1n) is 6.10. The lowest BCUT2D eigenvalue weighted by Gasteiger charge is -2.09. The smallest absolute Gasteiger partial charge is 0.335 e. The van der Waals surface area contributed by atoms with Gasteiger partial charge in [0.1, 0.15) is 19.0 Å². The molecular formula is C15H12BrFO4. The van der Waals surface area contributed by atoms with E-state index in [4.69, 9.17) is 14.6 Å². The van der Waals surface area contributed by atoms with E-state index >= 15 is 0 Å². The molecule has 0 fully saturated rings. The first kappa shape index (κ1) is 15.3. The maximum Gasteiger partial charge on any atom is 0.335 e. The van der Waals surface area contributed by atoms with Gasteiger partial charge in [0, 0.05) is 4.47 Å². The molecule has 1 N–H and O–H groups in total. The van der Waals surface area contributed by atoms with Crippen LogP contribution in [0, 0.1) is 5.82 Å². The standard InChI is InChI=1S/C15H12BrFO4/c16-11-4-5-14(13(17)9-11)21-7-6-20-12-3-1-2-10(8-12)15(18)19/h1-5,8-9H,6-7H2,(H,18,19). The molecule has 110 valence electrons. The van der Waals surface area contributed by atoms with Crippen molar-refractivity contribution in [1.29, 1.82) is 0 Å². The van der Waals surface area contributed by atoms with Gasteiger partial charge in [0.25, 0.3) is 0 Å². The van der Waals surface area contributed by atoms with E-state index in [0.29, 0.717) is 10.2 Å². The number of halogens is 2. The van der Waals surface area contributed by atoms with Crippen molar-refractivity contribution in [2.45, 2.75) is 0 Å². The monoisotopic (exact) mass is 354 g/mol. The molecule has 0 saturated carbocycles. The zero-order valence-electron chi connectivity index (χ0n) is 10.9. The fourth-order valence-corrected chi connectivity index (χ4v) is 1.96. The number of rotatable bonds is 6. The molecule has 4 nitrogen and oxygen atoms in total. The summed E-state index contributed by atoms with van der Waals surface area (Å²) in [5.41, 5.74) is 0.146. The summed E-state index contributed by atoms with van der Waals surface area (Å²) in [6.45, 7) is 0.328. The molecule has 2 rings (SSSR count). The van der Waals surface area contributed by atoms with E-state index in [1.54, 1.807) is 18.2 Å². The molecule has 0 spiro atoms. The second-order valence-electron chi connectivity index (χ2n) is 4.10. The summed E-state index contributed by atoms with van der Waals surface area (Å²) >= 11 is 3.16. The largest absolute Gasteiger partial charge is 0.490 e. The van der Waals surface area contributed by atoms with Gasteiger partial charge in [-0.2, -0.15) is 0 Å². The van der Waals surface area contributed by atoms with Gasteiger partial charge in [-0.05, 0) is 36.4 Å². The van der Waals surface area contributed by atoms with Crippen molar-refractivity contribution in [3.05, 3.63) is 58.3 Å². The van der Waals surface area contributed by atoms with Crippen molar-refractivity contribution < 1.29 is 23.8 Å². The molecule has 6 heteroatoms. The van der Waals surface area contributed by atoms with Crippen molar-refractivity contribution in [3.8, 4) is 11.5 Å². The van der Waals surface area contributed by atoms with Crippen molar-refractivity contribution >= 4 is 21.9 Å². The zero-order valence-corrected chi connectivity index (χ0v) is 12.5. The van der Waals surface area contributed by atoms with E-state index in [2.05, 4.69) is 15.9 Å². The SMILES string of the molecule is O=C(O)c1cccc(OCCOc2ccc(Br)cc2F)c1. The summed E-state index contributed by atoms with van der Waals surface area (Å²) in [5, 5.41) is 8.86. The van der Waals surface area contributed by atoms with Crippen LogP contribution in [0.5, 0.6) is 11.5 Å². The van der Waals surface area contributed by atoms with Crippen LogP contribution in [-0.4, -0.2) is 24.3 Å². The summed E-state index contributed by atoms with van der Waals surface area (Å²) in [6.07, 6.45) is 0. The highest BCUT2D eigenvalue weighted by Crippen LogP contribution is 2.21. The van der Waals surface area contributed by atoms with Crippen molar-refractivity contribution in [2.75, 3.05) is 13.2 Å². The van der Waals surface area contributed by atoms with Gasteiger partial charge in [-0.3, -0.25) is 0 Å². The number of carbonyl (C=O) groups is 1. The molecule has 0 unspecified atom stereocenters. The molecule has 0 atom stereocenters. The first-order chi connectivity index (χ1) is 10.1. The van der Waals surface area contributed by atoms with Crippen LogP contribution in [0.4, 0.5) is 4.39 Å². The van der Waals surface area contributed by atoms with Gasteiger partial charge in [0.15, 0.2) is 11.6 Å². The maximum atomic E-state index is 13.5. The maximum absolute atomic E-state index is 13.5. The molecule has 0 heterocycles. The molecule has 0 aromatic heterocycles. The Morgan fingerprint density at radius 2 is 1.90 bits per heavy atom. The van der Waals surface area contributed by atoms with E-state index in [-0.39, 0.29) is 24.5 Å². The molecule has 0 aliphatic carbocycles. The zero-order chi connectivity index (χ0) is 15.2. The van der Waals surface area contributed by atoms with Crippen LogP contribution in [0.25, 0.3) is 0 Å². The van der Waals surface area contributed by atoms with Crippen LogP contribution in [0.3, 0.4) is 0 Å². The predicted molar refractivity (Wildman–Crippen MR) is 78.5 cm³/mol. The predicted octanol–water partition coefficient (Wildman–Crippen LogP) is 3.74. The fraction of sp³-hybridized carbons (Fsp3) is 0.133. The van der Waals surface area contributed by atoms with E-state index in [1.165, 1.54) is 24.3 Å². The lowest BCUT2D eigenvalue weighted by molar-refractivity contribution is 0.0696. The average molecular weight is 355 g/mol. The number of carboxylic acids is 1. The minimum atomic E-state index is -1.02. The minimum Gasteiger partial charge on any atom is -0.490 e. The molecule has 21 heavy (non-hydrogen) atoms. The van der Waals surface area contributed by atoms with E-state index in [0.717, 1.165) is 0 Å². The molecule has 0 radical (unpaired) electrons. The first-order valence-corrected chi connectivity index (χ1v) is 6.89. The molecule has 0 bridgehead atoms. The van der Waals surface area contributed by atoms with Gasteiger partial charge < -0.3 is 14.6 Å². The van der Waals surface area contributed by atoms with E-state index in [9.17, 15) is 9.18 Å². The Kier molecular flexibility index (Phi) is 5.16. The van der Waals surface area contributed by atoms with Gasteiger partial charge in [-0.15, -0.1) is 0 Å². The number of hydrogen-bond acceptors (Lipinski definition) is 3. The third kappa shape index (κ3) is 4.46. The van der Waals surface area contributed by atoms with Gasteiger partial charge in [-0.1, -0.05) is 22.0 Å². The van der Waals surface area contributed by atoms with Crippen LogP contribution in [0.1, 0.15) is 10.4 Å². The highest BCUT2D eigenvalue weighted by atomic mass is 79.9. The van der Waals surface area contributed by atoms with Crippen molar-refractivity contribution in [3.63, 3.8) is 0 Å². The molecule has 2 aromatic rings. The van der Waals surface area contributed by atoms with Gasteiger partial charge >= 0.3 is 5.97 Å². The van der Waals surface area contributed by atoms with Crippen molar-refractivity contribution in [1.82, 2.24) is 0 Å². The summed E-state index contributed by atoms with van der Waals surface area (Å²) in [6, 6.07) is 10.6. The highest BCUT2D eigenvalue weighted by molar-refractivity contribution is 9.10. The lowest BCUT2D eigenvalue weighted by Crippen LogP contribution is -2.10. The average Bonchev–Trinajstić information content (AvgIpc) is 2.45. The number of benzene rings is 2. The minimum absolute atomic E-state index is 0.140. The van der Waals surface area contributed by atoms with Crippen molar-refractivity contribution in [2.24, 2.45) is 0 Å². The Bertz CT molecular complexity index is 645. The summed E-state index contributed by atoms with van der Waals surface area (Å²) in [7, 11) is 0. The Morgan fingerprint density at radius 1 is 1.14 bits per heavy atom. The Morgan fingerprint density at radius 3 is 2.62 bits per heavy atom. The van der Waals surface area contributed by atoms with Crippen LogP contribution in [0.15, 0.2) is 46.9 Å². The Hall–Kier alpha value is -2.08. The third-order valence-corrected chi connectivity index (χ3v) is 3.08. The number of aromatic carboxylic acids is 1. The number of hydrogen-bond donors (Lipinski definition) is 1. The lowest BCUT2D eigenvalue weighted by atomic mass is 10.2. The summed E-state index contributed by atoms with van der Waals surface area (Å²) < 4.78 is 24.7. The number of ether oxygens (including phenoxy) is 2. The second-order valence-corrected chi connectivity index (χ2v) is 5.02. The number of carboxylic acid groups (broad SMARTS) is 1. The fourth-order valence-electron chi connectivity index (χ4n) is 1.62. The van der Waals surface area contributed by atoms with E-state index in [1.807, 2.05) is 0 Å². The molecule has 0 aliphatic heterocycles. The van der Waals surface area contributed by atoms with Crippen LogP contribution >= 0.6 is 15.9 Å². The second kappa shape index (κ2) is 7.08. The Labute approximate surface area is 129 Å². The highest BCUT2D eigenvalue weighted by Gasteiger charge is 2.05. The van der Waals surface area contributed by atoms with Gasteiger partial charge in [-0.25, -0.2) is 9.18 Å². The Balaban J connectivity index is 1.84. The normalized spacial score (nSPS) is 10.2. The third-order valence-electron chi connectivity index (χ3n) is 2.58. The topological polar surface area (TPSA) is 55.8 Å². The molecule has 0 amide bonds. The van der Waals surface area contributed by atoms with Gasteiger partial charge in [0.2, 0.25) is 0 Å². The van der Waals surface area contributed by atoms with Crippen LogP contribution in [-0.2, 0) is 0 Å². The summed E-state index contributed by atoms with van der Waals surface area (Å²) in [4.78, 5) is 10.8. The van der Waals surface area contributed by atoms with Gasteiger partial charge in [0.05, 0.1) is 5.56 Å². The molecule has 0 aliphatic rings. The van der Waals surface area contributed by atoms with Crippen LogP contribution < -0.4 is 9.47 Å².